The van der Waals surface area contributed by atoms with Crippen LogP contribution in [0.2, 0.25) is 5.02 Å². The van der Waals surface area contributed by atoms with Gasteiger partial charge in [0, 0.05) is 10.6 Å². The van der Waals surface area contributed by atoms with Crippen LogP contribution in [-0.4, -0.2) is 17.0 Å². The zero-order chi connectivity index (χ0) is 15.4. The molecule has 3 N–H and O–H groups in total. The number of amides is 1. The molecule has 0 aliphatic carbocycles. The molecule has 0 saturated carbocycles. The van der Waals surface area contributed by atoms with Gasteiger partial charge in [0.25, 0.3) is 0 Å². The van der Waals surface area contributed by atoms with E-state index in [1.807, 2.05) is 0 Å². The van der Waals surface area contributed by atoms with Crippen molar-refractivity contribution in [3.63, 3.8) is 0 Å². The first kappa shape index (κ1) is 14.9. The van der Waals surface area contributed by atoms with Crippen LogP contribution in [0.15, 0.2) is 42.5 Å². The van der Waals surface area contributed by atoms with E-state index in [4.69, 9.17) is 22.1 Å². The highest BCUT2D eigenvalue weighted by molar-refractivity contribution is 6.30. The van der Waals surface area contributed by atoms with Gasteiger partial charge in [-0.1, -0.05) is 23.7 Å². The predicted molar refractivity (Wildman–Crippen MR) is 77.2 cm³/mol. The molecule has 0 aliphatic heterocycles. The van der Waals surface area contributed by atoms with E-state index >= 15 is 0 Å². The highest BCUT2D eigenvalue weighted by Gasteiger charge is 2.13. The average Bonchev–Trinajstić information content (AvgIpc) is 2.45. The third-order valence-corrected chi connectivity index (χ3v) is 3.02. The molecule has 21 heavy (non-hydrogen) atoms. The van der Waals surface area contributed by atoms with E-state index in [2.05, 4.69) is 0 Å². The van der Waals surface area contributed by atoms with Gasteiger partial charge in [-0.25, -0.2) is 4.79 Å². The van der Waals surface area contributed by atoms with Crippen LogP contribution < -0.4 is 5.73 Å². The van der Waals surface area contributed by atoms with Gasteiger partial charge in [-0.2, -0.15) is 0 Å². The maximum atomic E-state index is 11.8. The van der Waals surface area contributed by atoms with Crippen molar-refractivity contribution in [3.05, 3.63) is 64.2 Å². The van der Waals surface area contributed by atoms with Crippen LogP contribution in [0.25, 0.3) is 0 Å². The molecule has 6 heteroatoms. The standard InChI is InChI=1S/C15H12ClNO4/c16-11-5-6-12(13(18)7-11)15(20)21-8-9-1-3-10(4-2-9)14(17)19/h1-7,18H,8H2,(H2,17,19). The number of esters is 1. The van der Waals surface area contributed by atoms with Gasteiger partial charge < -0.3 is 15.6 Å². The number of aromatic hydroxyl groups is 1. The fraction of sp³-hybridized carbons (Fsp3) is 0.0667. The lowest BCUT2D eigenvalue weighted by Crippen LogP contribution is -2.11. The van der Waals surface area contributed by atoms with E-state index in [1.165, 1.54) is 18.2 Å². The number of hydrogen-bond donors (Lipinski definition) is 2. The molecule has 0 aliphatic rings. The smallest absolute Gasteiger partial charge is 0.342 e. The number of ether oxygens (including phenoxy) is 1. The molecule has 2 aromatic carbocycles. The summed E-state index contributed by atoms with van der Waals surface area (Å²) in [5, 5.41) is 9.94. The maximum absolute atomic E-state index is 11.8. The maximum Gasteiger partial charge on any atom is 0.342 e. The second kappa shape index (κ2) is 6.28. The topological polar surface area (TPSA) is 89.6 Å². The fourth-order valence-electron chi connectivity index (χ4n) is 1.67. The molecule has 0 radical (unpaired) electrons. The Morgan fingerprint density at radius 1 is 1.14 bits per heavy atom. The second-order valence-corrected chi connectivity index (χ2v) is 4.74. The molecule has 0 unspecified atom stereocenters. The molecular weight excluding hydrogens is 294 g/mol. The monoisotopic (exact) mass is 305 g/mol. The number of phenolic OH excluding ortho intramolecular Hbond substituents is 1. The van der Waals surface area contributed by atoms with Crippen molar-refractivity contribution in [2.45, 2.75) is 6.61 Å². The van der Waals surface area contributed by atoms with Crippen molar-refractivity contribution in [2.24, 2.45) is 5.73 Å². The van der Waals surface area contributed by atoms with Gasteiger partial charge in [0.15, 0.2) is 0 Å². The number of benzene rings is 2. The van der Waals surface area contributed by atoms with Gasteiger partial charge in [-0.15, -0.1) is 0 Å². The van der Waals surface area contributed by atoms with E-state index in [0.29, 0.717) is 16.1 Å². The molecule has 2 aromatic rings. The van der Waals surface area contributed by atoms with E-state index < -0.39 is 11.9 Å². The van der Waals surface area contributed by atoms with Crippen LogP contribution in [-0.2, 0) is 11.3 Å². The van der Waals surface area contributed by atoms with Gasteiger partial charge >= 0.3 is 5.97 Å². The molecule has 0 saturated heterocycles. The zero-order valence-electron chi connectivity index (χ0n) is 10.9. The minimum atomic E-state index is -0.664. The summed E-state index contributed by atoms with van der Waals surface area (Å²) in [6.07, 6.45) is 0. The number of carbonyl (C=O) groups excluding carboxylic acids is 2. The molecule has 1 amide bonds. The van der Waals surface area contributed by atoms with E-state index in [-0.39, 0.29) is 17.9 Å². The Balaban J connectivity index is 2.02. The predicted octanol–water partition coefficient (Wildman–Crippen LogP) is 2.50. The van der Waals surface area contributed by atoms with Gasteiger partial charge in [-0.3, -0.25) is 4.79 Å². The Kier molecular flexibility index (Phi) is 4.45. The number of nitrogens with two attached hydrogens (primary N) is 1. The highest BCUT2D eigenvalue weighted by Crippen LogP contribution is 2.22. The summed E-state index contributed by atoms with van der Waals surface area (Å²) in [5.74, 6) is -1.43. The summed E-state index contributed by atoms with van der Waals surface area (Å²) in [6.45, 7) is 0.0138. The number of hydrogen-bond acceptors (Lipinski definition) is 4. The van der Waals surface area contributed by atoms with E-state index in [9.17, 15) is 14.7 Å². The summed E-state index contributed by atoms with van der Waals surface area (Å²) >= 11 is 5.69. The first-order valence-electron chi connectivity index (χ1n) is 6.02. The fourth-order valence-corrected chi connectivity index (χ4v) is 1.84. The third kappa shape index (κ3) is 3.73. The molecule has 5 nitrogen and oxygen atoms in total. The SMILES string of the molecule is NC(=O)c1ccc(COC(=O)c2ccc(Cl)cc2O)cc1. The van der Waals surface area contributed by atoms with Gasteiger partial charge in [0.1, 0.15) is 17.9 Å². The van der Waals surface area contributed by atoms with Crippen LogP contribution >= 0.6 is 11.6 Å². The molecule has 0 bridgehead atoms. The minimum Gasteiger partial charge on any atom is -0.507 e. The van der Waals surface area contributed by atoms with Crippen molar-refractivity contribution in [2.75, 3.05) is 0 Å². The van der Waals surface area contributed by atoms with Crippen LogP contribution in [0.4, 0.5) is 0 Å². The van der Waals surface area contributed by atoms with Crippen LogP contribution in [0.1, 0.15) is 26.3 Å². The first-order valence-corrected chi connectivity index (χ1v) is 6.39. The van der Waals surface area contributed by atoms with Crippen molar-refractivity contribution in [3.8, 4) is 5.75 Å². The Bertz CT molecular complexity index is 683. The van der Waals surface area contributed by atoms with Crippen molar-refractivity contribution < 1.29 is 19.4 Å². The van der Waals surface area contributed by atoms with Crippen molar-refractivity contribution in [1.82, 2.24) is 0 Å². The quantitative estimate of drug-likeness (QED) is 0.849. The Labute approximate surface area is 125 Å². The minimum absolute atomic E-state index is 0.0138. The number of halogens is 1. The van der Waals surface area contributed by atoms with E-state index in [0.717, 1.165) is 0 Å². The van der Waals surface area contributed by atoms with Crippen molar-refractivity contribution in [1.29, 1.82) is 0 Å². The molecule has 0 heterocycles. The van der Waals surface area contributed by atoms with Gasteiger partial charge in [-0.05, 0) is 35.9 Å². The molecule has 2 rings (SSSR count). The van der Waals surface area contributed by atoms with Gasteiger partial charge in [0.05, 0.1) is 0 Å². The van der Waals surface area contributed by atoms with Crippen molar-refractivity contribution >= 4 is 23.5 Å². The molecule has 0 atom stereocenters. The summed E-state index contributed by atoms with van der Waals surface area (Å²) in [5.41, 5.74) is 6.23. The largest absolute Gasteiger partial charge is 0.507 e. The summed E-state index contributed by atoms with van der Waals surface area (Å²) < 4.78 is 5.08. The number of carbonyl (C=O) groups is 2. The summed E-state index contributed by atoms with van der Waals surface area (Å²) in [6, 6.07) is 10.5. The Morgan fingerprint density at radius 2 is 1.81 bits per heavy atom. The second-order valence-electron chi connectivity index (χ2n) is 4.30. The normalized spacial score (nSPS) is 10.1. The molecular formula is C15H12ClNO4. The highest BCUT2D eigenvalue weighted by atomic mass is 35.5. The van der Waals surface area contributed by atoms with Crippen LogP contribution in [0.5, 0.6) is 5.75 Å². The lowest BCUT2D eigenvalue weighted by atomic mass is 10.1. The number of phenols is 1. The van der Waals surface area contributed by atoms with E-state index in [1.54, 1.807) is 24.3 Å². The molecule has 108 valence electrons. The van der Waals surface area contributed by atoms with Crippen LogP contribution in [0, 0.1) is 0 Å². The average molecular weight is 306 g/mol. The number of rotatable bonds is 4. The Morgan fingerprint density at radius 3 is 2.38 bits per heavy atom. The third-order valence-electron chi connectivity index (χ3n) is 2.79. The van der Waals surface area contributed by atoms with Gasteiger partial charge in [0.2, 0.25) is 5.91 Å². The molecule has 0 fully saturated rings. The number of primary amides is 1. The summed E-state index contributed by atoms with van der Waals surface area (Å²) in [7, 11) is 0. The Hall–Kier alpha value is -2.53. The zero-order valence-corrected chi connectivity index (χ0v) is 11.6. The molecule has 0 spiro atoms. The summed E-state index contributed by atoms with van der Waals surface area (Å²) in [4.78, 5) is 22.8. The molecule has 0 aromatic heterocycles. The van der Waals surface area contributed by atoms with Crippen LogP contribution in [0.3, 0.4) is 0 Å². The first-order chi connectivity index (χ1) is 9.97. The lowest BCUT2D eigenvalue weighted by molar-refractivity contribution is 0.0469. The lowest BCUT2D eigenvalue weighted by Gasteiger charge is -2.07.